The van der Waals surface area contributed by atoms with E-state index in [1.807, 2.05) is 60.7 Å². The molecule has 18 heavy (non-hydrogen) atoms. The maximum atomic E-state index is 11.8. The number of carbonyl (C=O) groups is 1. The SMILES string of the molecule is C=C(Nc1ccccc1)C(=O)Nc1ccccc1. The van der Waals surface area contributed by atoms with Gasteiger partial charge in [-0.15, -0.1) is 0 Å². The standard InChI is InChI=1S/C15H14N2O/c1-12(16-13-8-4-2-5-9-13)15(18)17-14-10-6-3-7-11-14/h2-11,16H,1H2,(H,17,18). The van der Waals surface area contributed by atoms with Crippen LogP contribution in [0.15, 0.2) is 72.9 Å². The van der Waals surface area contributed by atoms with E-state index in [1.54, 1.807) is 0 Å². The second-order valence-corrected chi connectivity index (χ2v) is 3.79. The highest BCUT2D eigenvalue weighted by Crippen LogP contribution is 2.10. The van der Waals surface area contributed by atoms with Crippen molar-refractivity contribution in [1.82, 2.24) is 0 Å². The topological polar surface area (TPSA) is 41.1 Å². The monoisotopic (exact) mass is 238 g/mol. The Morgan fingerprint density at radius 2 is 1.22 bits per heavy atom. The van der Waals surface area contributed by atoms with Gasteiger partial charge in [0.25, 0.3) is 5.91 Å². The summed E-state index contributed by atoms with van der Waals surface area (Å²) in [5, 5.41) is 5.72. The number of hydrogen-bond donors (Lipinski definition) is 2. The molecule has 0 aliphatic rings. The van der Waals surface area contributed by atoms with Gasteiger partial charge >= 0.3 is 0 Å². The number of anilines is 2. The third-order valence-corrected chi connectivity index (χ3v) is 2.37. The van der Waals surface area contributed by atoms with E-state index in [9.17, 15) is 4.79 Å². The van der Waals surface area contributed by atoms with E-state index in [-0.39, 0.29) is 5.91 Å². The van der Waals surface area contributed by atoms with Crippen LogP contribution in [-0.2, 0) is 4.79 Å². The van der Waals surface area contributed by atoms with Crippen molar-refractivity contribution in [3.05, 3.63) is 72.9 Å². The summed E-state index contributed by atoms with van der Waals surface area (Å²) >= 11 is 0. The molecule has 0 heterocycles. The summed E-state index contributed by atoms with van der Waals surface area (Å²) in [5.41, 5.74) is 1.90. The van der Waals surface area contributed by atoms with Gasteiger partial charge in [0, 0.05) is 11.4 Å². The Bertz CT molecular complexity index is 483. The lowest BCUT2D eigenvalue weighted by Gasteiger charge is -2.09. The lowest BCUT2D eigenvalue weighted by Crippen LogP contribution is -2.18. The van der Waals surface area contributed by atoms with E-state index in [4.69, 9.17) is 0 Å². The lowest BCUT2D eigenvalue weighted by atomic mass is 10.3. The van der Waals surface area contributed by atoms with E-state index in [2.05, 4.69) is 17.2 Å². The Morgan fingerprint density at radius 1 is 0.778 bits per heavy atom. The van der Waals surface area contributed by atoms with E-state index in [0.717, 1.165) is 11.4 Å². The van der Waals surface area contributed by atoms with Crippen LogP contribution in [0.2, 0.25) is 0 Å². The van der Waals surface area contributed by atoms with Crippen molar-refractivity contribution in [2.45, 2.75) is 0 Å². The highest BCUT2D eigenvalue weighted by atomic mass is 16.2. The molecule has 0 aromatic heterocycles. The first-order valence-corrected chi connectivity index (χ1v) is 5.63. The number of para-hydroxylation sites is 2. The van der Waals surface area contributed by atoms with Crippen LogP contribution in [0.5, 0.6) is 0 Å². The molecule has 0 atom stereocenters. The van der Waals surface area contributed by atoms with Crippen molar-refractivity contribution in [1.29, 1.82) is 0 Å². The molecule has 0 fully saturated rings. The first kappa shape index (κ1) is 11.9. The summed E-state index contributed by atoms with van der Waals surface area (Å²) in [6.07, 6.45) is 0. The Kier molecular flexibility index (Phi) is 3.76. The van der Waals surface area contributed by atoms with Crippen LogP contribution < -0.4 is 10.6 Å². The minimum absolute atomic E-state index is 0.245. The summed E-state index contributed by atoms with van der Waals surface area (Å²) < 4.78 is 0. The summed E-state index contributed by atoms with van der Waals surface area (Å²) in [6, 6.07) is 18.7. The first-order valence-electron chi connectivity index (χ1n) is 5.63. The Morgan fingerprint density at radius 3 is 1.72 bits per heavy atom. The molecule has 0 spiro atoms. The number of carbonyl (C=O) groups excluding carboxylic acids is 1. The molecule has 2 rings (SSSR count). The molecule has 0 unspecified atom stereocenters. The predicted octanol–water partition coefficient (Wildman–Crippen LogP) is 3.25. The molecular formula is C15H14N2O. The van der Waals surface area contributed by atoms with Crippen LogP contribution in [0.25, 0.3) is 0 Å². The molecule has 3 nitrogen and oxygen atoms in total. The molecule has 0 aliphatic heterocycles. The van der Waals surface area contributed by atoms with Crippen LogP contribution in [0.1, 0.15) is 0 Å². The molecular weight excluding hydrogens is 224 g/mol. The van der Waals surface area contributed by atoms with Crippen LogP contribution in [0.3, 0.4) is 0 Å². The van der Waals surface area contributed by atoms with Gasteiger partial charge in [-0.05, 0) is 24.3 Å². The Hall–Kier alpha value is -2.55. The van der Waals surface area contributed by atoms with Gasteiger partial charge in [0.1, 0.15) is 0 Å². The summed E-state index contributed by atoms with van der Waals surface area (Å²) in [7, 11) is 0. The molecule has 2 aromatic carbocycles. The van der Waals surface area contributed by atoms with Gasteiger partial charge in [0.05, 0.1) is 5.70 Å². The Labute approximate surface area is 106 Å². The molecule has 2 N–H and O–H groups in total. The van der Waals surface area contributed by atoms with Crippen molar-refractivity contribution in [2.75, 3.05) is 10.6 Å². The third kappa shape index (κ3) is 3.22. The molecule has 1 amide bonds. The van der Waals surface area contributed by atoms with E-state index < -0.39 is 0 Å². The smallest absolute Gasteiger partial charge is 0.271 e. The predicted molar refractivity (Wildman–Crippen MR) is 74.3 cm³/mol. The van der Waals surface area contributed by atoms with Gasteiger partial charge < -0.3 is 10.6 Å². The second-order valence-electron chi connectivity index (χ2n) is 3.79. The number of rotatable bonds is 4. The maximum Gasteiger partial charge on any atom is 0.271 e. The largest absolute Gasteiger partial charge is 0.352 e. The molecule has 0 saturated carbocycles. The maximum absolute atomic E-state index is 11.8. The van der Waals surface area contributed by atoms with Crippen molar-refractivity contribution in [3.63, 3.8) is 0 Å². The van der Waals surface area contributed by atoms with Crippen LogP contribution in [0.4, 0.5) is 11.4 Å². The molecule has 0 saturated heterocycles. The third-order valence-electron chi connectivity index (χ3n) is 2.37. The van der Waals surface area contributed by atoms with Gasteiger partial charge in [-0.25, -0.2) is 0 Å². The first-order chi connectivity index (χ1) is 8.75. The van der Waals surface area contributed by atoms with Crippen LogP contribution in [-0.4, -0.2) is 5.91 Å². The van der Waals surface area contributed by atoms with Gasteiger partial charge in [-0.1, -0.05) is 43.0 Å². The number of hydrogen-bond acceptors (Lipinski definition) is 2. The average Bonchev–Trinajstić information content (AvgIpc) is 2.41. The molecule has 0 aliphatic carbocycles. The highest BCUT2D eigenvalue weighted by Gasteiger charge is 2.06. The van der Waals surface area contributed by atoms with Gasteiger partial charge in [0.15, 0.2) is 0 Å². The van der Waals surface area contributed by atoms with Crippen molar-refractivity contribution in [2.24, 2.45) is 0 Å². The van der Waals surface area contributed by atoms with E-state index in [0.29, 0.717) is 5.70 Å². The number of nitrogens with one attached hydrogen (secondary N) is 2. The zero-order valence-electron chi connectivity index (χ0n) is 9.89. The zero-order valence-corrected chi connectivity index (χ0v) is 9.89. The quantitative estimate of drug-likeness (QED) is 0.803. The van der Waals surface area contributed by atoms with E-state index >= 15 is 0 Å². The molecule has 90 valence electrons. The second kappa shape index (κ2) is 5.68. The molecule has 3 heteroatoms. The fourth-order valence-electron chi connectivity index (χ4n) is 1.48. The minimum Gasteiger partial charge on any atom is -0.352 e. The van der Waals surface area contributed by atoms with Crippen molar-refractivity contribution < 1.29 is 4.79 Å². The summed E-state index contributed by atoms with van der Waals surface area (Å²) in [6.45, 7) is 3.72. The summed E-state index contributed by atoms with van der Waals surface area (Å²) in [4.78, 5) is 11.8. The number of amides is 1. The Balaban J connectivity index is 1.96. The highest BCUT2D eigenvalue weighted by molar-refractivity contribution is 6.05. The fraction of sp³-hybridized carbons (Fsp3) is 0. The molecule has 0 bridgehead atoms. The van der Waals surface area contributed by atoms with Gasteiger partial charge in [-0.2, -0.15) is 0 Å². The zero-order chi connectivity index (χ0) is 12.8. The summed E-state index contributed by atoms with van der Waals surface area (Å²) in [5.74, 6) is -0.245. The van der Waals surface area contributed by atoms with Gasteiger partial charge in [0.2, 0.25) is 0 Å². The van der Waals surface area contributed by atoms with E-state index in [1.165, 1.54) is 0 Å². The molecule has 2 aromatic rings. The minimum atomic E-state index is -0.245. The average molecular weight is 238 g/mol. The lowest BCUT2D eigenvalue weighted by molar-refractivity contribution is -0.112. The van der Waals surface area contributed by atoms with Gasteiger partial charge in [-0.3, -0.25) is 4.79 Å². The normalized spacial score (nSPS) is 9.56. The fourth-order valence-corrected chi connectivity index (χ4v) is 1.48. The van der Waals surface area contributed by atoms with Crippen molar-refractivity contribution >= 4 is 17.3 Å². The van der Waals surface area contributed by atoms with Crippen LogP contribution >= 0.6 is 0 Å². The number of benzene rings is 2. The molecule has 0 radical (unpaired) electrons. The van der Waals surface area contributed by atoms with Crippen LogP contribution in [0, 0.1) is 0 Å². The van der Waals surface area contributed by atoms with Crippen molar-refractivity contribution in [3.8, 4) is 0 Å².